The number of aryl methyl sites for hydroxylation is 1. The number of fused-ring (bicyclic) bond motifs is 2. The fourth-order valence-corrected chi connectivity index (χ4v) is 5.10. The van der Waals surface area contributed by atoms with Crippen molar-refractivity contribution in [3.63, 3.8) is 0 Å². The normalized spacial score (nSPS) is 14.8. The third-order valence-corrected chi connectivity index (χ3v) is 7.15. The summed E-state index contributed by atoms with van der Waals surface area (Å²) in [4.78, 5) is 29.2. The number of benzene rings is 3. The van der Waals surface area contributed by atoms with Crippen LogP contribution in [0.15, 0.2) is 74.3 Å². The smallest absolute Gasteiger partial charge is 0.295 e. The maximum absolute atomic E-state index is 13.8. The van der Waals surface area contributed by atoms with Crippen LogP contribution in [0.1, 0.15) is 59.5 Å². The number of unbranched alkanes of at least 4 members (excludes halogenated alkanes) is 2. The number of methoxy groups -OCH3 is 1. The number of anilines is 1. The van der Waals surface area contributed by atoms with Crippen molar-refractivity contribution in [2.75, 3.05) is 18.6 Å². The Morgan fingerprint density at radius 1 is 0.973 bits per heavy atom. The Hall–Kier alpha value is -3.58. The van der Waals surface area contributed by atoms with Crippen molar-refractivity contribution >= 4 is 38.5 Å². The number of ether oxygens (including phenoxy) is 2. The molecule has 7 heteroatoms. The average molecular weight is 562 g/mol. The Balaban J connectivity index is 1.67. The number of halogens is 1. The van der Waals surface area contributed by atoms with Gasteiger partial charge in [-0.1, -0.05) is 59.5 Å². The van der Waals surface area contributed by atoms with Gasteiger partial charge in [-0.05, 0) is 61.4 Å². The van der Waals surface area contributed by atoms with Crippen LogP contribution in [0.4, 0.5) is 5.69 Å². The molecule has 1 aliphatic rings. The van der Waals surface area contributed by atoms with E-state index in [-0.39, 0.29) is 17.1 Å². The van der Waals surface area contributed by atoms with E-state index >= 15 is 0 Å². The fourth-order valence-electron chi connectivity index (χ4n) is 4.74. The summed E-state index contributed by atoms with van der Waals surface area (Å²) in [6.45, 7) is 4.73. The summed E-state index contributed by atoms with van der Waals surface area (Å²) in [5, 5.41) is 0.416. The third kappa shape index (κ3) is 4.64. The molecule has 1 aromatic heterocycles. The Kier molecular flexibility index (Phi) is 7.07. The lowest BCUT2D eigenvalue weighted by atomic mass is 9.97. The van der Waals surface area contributed by atoms with Crippen LogP contribution in [0, 0.1) is 6.92 Å². The highest BCUT2D eigenvalue weighted by Gasteiger charge is 2.44. The van der Waals surface area contributed by atoms with Crippen molar-refractivity contribution in [1.82, 2.24) is 0 Å². The van der Waals surface area contributed by atoms with E-state index in [4.69, 9.17) is 13.9 Å². The van der Waals surface area contributed by atoms with Crippen molar-refractivity contribution < 1.29 is 18.7 Å². The highest BCUT2D eigenvalue weighted by molar-refractivity contribution is 9.10. The van der Waals surface area contributed by atoms with Gasteiger partial charge in [0.05, 0.1) is 30.7 Å². The summed E-state index contributed by atoms with van der Waals surface area (Å²) in [5.74, 6) is 0.879. The third-order valence-electron chi connectivity index (χ3n) is 6.65. The van der Waals surface area contributed by atoms with Crippen LogP contribution >= 0.6 is 15.9 Å². The molecule has 1 unspecified atom stereocenters. The molecule has 0 aliphatic carbocycles. The van der Waals surface area contributed by atoms with Crippen molar-refractivity contribution in [2.24, 2.45) is 0 Å². The molecule has 6 nitrogen and oxygen atoms in total. The first-order chi connectivity index (χ1) is 17.9. The van der Waals surface area contributed by atoms with E-state index in [1.807, 2.05) is 49.4 Å². The van der Waals surface area contributed by atoms with E-state index in [1.165, 1.54) is 0 Å². The van der Waals surface area contributed by atoms with E-state index in [9.17, 15) is 9.59 Å². The highest BCUT2D eigenvalue weighted by atomic mass is 79.9. The Labute approximate surface area is 223 Å². The van der Waals surface area contributed by atoms with Gasteiger partial charge in [-0.2, -0.15) is 0 Å². The monoisotopic (exact) mass is 561 g/mol. The highest BCUT2D eigenvalue weighted by Crippen LogP contribution is 2.43. The summed E-state index contributed by atoms with van der Waals surface area (Å²) >= 11 is 3.44. The molecule has 4 aromatic rings. The van der Waals surface area contributed by atoms with Crippen LogP contribution in [0.25, 0.3) is 11.0 Å². The summed E-state index contributed by atoms with van der Waals surface area (Å²) in [7, 11) is 1.59. The van der Waals surface area contributed by atoms with Gasteiger partial charge in [-0.3, -0.25) is 14.5 Å². The minimum Gasteiger partial charge on any atom is -0.493 e. The standard InChI is InChI=1S/C30H28BrNO5/c1-4-5-6-15-36-24-13-9-19(16-25(24)35-3)27-26-28(33)22-17-20(31)10-14-23(22)37-29(26)30(34)32(27)21-11-7-18(2)8-12-21/h7-14,16-17,27H,4-6,15H2,1-3H3. The summed E-state index contributed by atoms with van der Waals surface area (Å²) in [6, 6.07) is 17.8. The SMILES string of the molecule is CCCCCOc1ccc(C2c3c(oc4ccc(Br)cc4c3=O)C(=O)N2c2ccc(C)cc2)cc1OC. The molecule has 0 saturated heterocycles. The lowest BCUT2D eigenvalue weighted by Gasteiger charge is -2.26. The number of carbonyl (C=O) groups excluding carboxylic acids is 1. The number of carbonyl (C=O) groups is 1. The van der Waals surface area contributed by atoms with E-state index in [0.717, 1.165) is 34.9 Å². The van der Waals surface area contributed by atoms with Crippen LogP contribution in [-0.2, 0) is 0 Å². The van der Waals surface area contributed by atoms with Gasteiger partial charge in [-0.15, -0.1) is 0 Å². The Morgan fingerprint density at radius 3 is 2.49 bits per heavy atom. The lowest BCUT2D eigenvalue weighted by molar-refractivity contribution is 0.0971. The Bertz CT molecular complexity index is 1530. The molecule has 0 bridgehead atoms. The molecule has 0 radical (unpaired) electrons. The molecule has 3 aromatic carbocycles. The van der Waals surface area contributed by atoms with Crippen molar-refractivity contribution in [1.29, 1.82) is 0 Å². The molecule has 1 aliphatic heterocycles. The van der Waals surface area contributed by atoms with Crippen molar-refractivity contribution in [3.05, 3.63) is 97.8 Å². The number of nitrogens with zero attached hydrogens (tertiary/aromatic N) is 1. The van der Waals surface area contributed by atoms with E-state index in [2.05, 4.69) is 22.9 Å². The molecular formula is C30H28BrNO5. The van der Waals surface area contributed by atoms with Gasteiger partial charge in [0, 0.05) is 10.2 Å². The molecule has 37 heavy (non-hydrogen) atoms. The summed E-state index contributed by atoms with van der Waals surface area (Å²) in [6.07, 6.45) is 3.15. The van der Waals surface area contributed by atoms with Gasteiger partial charge in [0.15, 0.2) is 16.9 Å². The molecule has 0 spiro atoms. The molecule has 0 N–H and O–H groups in total. The van der Waals surface area contributed by atoms with Crippen molar-refractivity contribution in [2.45, 2.75) is 39.2 Å². The number of hydrogen-bond acceptors (Lipinski definition) is 5. The molecule has 0 saturated carbocycles. The zero-order valence-corrected chi connectivity index (χ0v) is 22.6. The zero-order valence-electron chi connectivity index (χ0n) is 21.0. The van der Waals surface area contributed by atoms with Crippen LogP contribution in [0.3, 0.4) is 0 Å². The lowest BCUT2D eigenvalue weighted by Crippen LogP contribution is -2.29. The number of amides is 1. The topological polar surface area (TPSA) is 69.0 Å². The number of rotatable bonds is 8. The average Bonchev–Trinajstić information content (AvgIpc) is 3.20. The second-order valence-electron chi connectivity index (χ2n) is 9.19. The maximum atomic E-state index is 13.8. The molecule has 190 valence electrons. The molecule has 0 fully saturated rings. The van der Waals surface area contributed by atoms with Crippen LogP contribution in [0.2, 0.25) is 0 Å². The predicted molar refractivity (Wildman–Crippen MR) is 148 cm³/mol. The fraction of sp³-hybridized carbons (Fsp3) is 0.267. The van der Waals surface area contributed by atoms with Gasteiger partial charge in [0.2, 0.25) is 5.76 Å². The second kappa shape index (κ2) is 10.4. The Morgan fingerprint density at radius 2 is 1.76 bits per heavy atom. The zero-order chi connectivity index (χ0) is 26.1. The van der Waals surface area contributed by atoms with E-state index in [1.54, 1.807) is 30.2 Å². The van der Waals surface area contributed by atoms with Gasteiger partial charge >= 0.3 is 0 Å². The van der Waals surface area contributed by atoms with Crippen molar-refractivity contribution in [3.8, 4) is 11.5 Å². The molecule has 5 rings (SSSR count). The first-order valence-corrected chi connectivity index (χ1v) is 13.2. The molecule has 2 heterocycles. The largest absolute Gasteiger partial charge is 0.493 e. The second-order valence-corrected chi connectivity index (χ2v) is 10.1. The minimum absolute atomic E-state index is 0.0595. The van der Waals surface area contributed by atoms with Gasteiger partial charge in [0.1, 0.15) is 5.58 Å². The first kappa shape index (κ1) is 25.1. The molecular weight excluding hydrogens is 534 g/mol. The van der Waals surface area contributed by atoms with Crippen LogP contribution < -0.4 is 19.8 Å². The van der Waals surface area contributed by atoms with Gasteiger partial charge in [-0.25, -0.2) is 0 Å². The predicted octanol–water partition coefficient (Wildman–Crippen LogP) is 7.19. The quantitative estimate of drug-likeness (QED) is 0.213. The minimum atomic E-state index is -0.687. The molecule has 1 amide bonds. The number of hydrogen-bond donors (Lipinski definition) is 0. The van der Waals surface area contributed by atoms with E-state index in [0.29, 0.717) is 40.3 Å². The van der Waals surface area contributed by atoms with Crippen LogP contribution in [-0.4, -0.2) is 19.6 Å². The van der Waals surface area contributed by atoms with E-state index < -0.39 is 6.04 Å². The maximum Gasteiger partial charge on any atom is 0.295 e. The van der Waals surface area contributed by atoms with Gasteiger partial charge < -0.3 is 13.9 Å². The van der Waals surface area contributed by atoms with Gasteiger partial charge in [0.25, 0.3) is 5.91 Å². The summed E-state index contributed by atoms with van der Waals surface area (Å²) in [5.41, 5.74) is 2.93. The first-order valence-electron chi connectivity index (χ1n) is 12.4. The van der Waals surface area contributed by atoms with Crippen LogP contribution in [0.5, 0.6) is 11.5 Å². The molecule has 1 atom stereocenters. The summed E-state index contributed by atoms with van der Waals surface area (Å²) < 4.78 is 18.4.